The number of carbonyl (C=O) groups excluding carboxylic acids is 1. The van der Waals surface area contributed by atoms with Gasteiger partial charge in [0.25, 0.3) is 0 Å². The Kier molecular flexibility index (Phi) is 14.4. The van der Waals surface area contributed by atoms with E-state index in [9.17, 15) is 31.1 Å². The Bertz CT molecular complexity index is 473. The minimum Gasteiger partial charge on any atom is -0.475 e. The Morgan fingerprint density at radius 3 is 1.63 bits per heavy atom. The molecule has 160 valence electrons. The number of esters is 1. The smallest absolute Gasteiger partial charge is 0.475 e. The first-order valence-corrected chi connectivity index (χ1v) is 6.48. The monoisotopic (exact) mass is 416 g/mol. The summed E-state index contributed by atoms with van der Waals surface area (Å²) < 4.78 is 67.9. The number of guanidine groups is 1. The number of rotatable bonds is 5. The van der Waals surface area contributed by atoms with Crippen LogP contribution in [0.5, 0.6) is 0 Å². The van der Waals surface area contributed by atoms with Crippen molar-refractivity contribution in [3.63, 3.8) is 0 Å². The van der Waals surface area contributed by atoms with E-state index in [2.05, 4.69) is 10.1 Å². The maximum atomic E-state index is 10.8. The number of nitrogens with two attached hydrogens (primary N) is 2. The van der Waals surface area contributed by atoms with Crippen molar-refractivity contribution in [1.82, 2.24) is 5.32 Å². The van der Waals surface area contributed by atoms with Gasteiger partial charge in [-0.05, 0) is 12.8 Å². The molecule has 8 N–H and O–H groups in total. The second-order valence-corrected chi connectivity index (χ2v) is 4.22. The number of carbonyl (C=O) groups is 3. The van der Waals surface area contributed by atoms with Gasteiger partial charge in [0.15, 0.2) is 5.96 Å². The lowest BCUT2D eigenvalue weighted by atomic mass is 10.2. The zero-order valence-corrected chi connectivity index (χ0v) is 13.6. The van der Waals surface area contributed by atoms with Gasteiger partial charge in [0.1, 0.15) is 6.04 Å². The SMILES string of the molecule is COC(=O)[C@@H](N)CCCNC(=N)N.O=C(O)C(F)(F)F.O=C(O)C(F)(F)F. The van der Waals surface area contributed by atoms with Crippen molar-refractivity contribution in [1.29, 1.82) is 5.41 Å². The molecule has 0 aromatic rings. The number of aliphatic carboxylic acids is 2. The Hall–Kier alpha value is -2.78. The van der Waals surface area contributed by atoms with E-state index in [0.717, 1.165) is 0 Å². The molecule has 0 aromatic carbocycles. The zero-order valence-electron chi connectivity index (χ0n) is 13.6. The molecule has 0 bridgehead atoms. The van der Waals surface area contributed by atoms with Crippen LogP contribution in [0.15, 0.2) is 0 Å². The predicted octanol–water partition coefficient (Wildman–Crippen LogP) is 0.0166. The van der Waals surface area contributed by atoms with Crippen LogP contribution < -0.4 is 16.8 Å². The van der Waals surface area contributed by atoms with Crippen LogP contribution in [-0.4, -0.2) is 66.1 Å². The fourth-order valence-corrected chi connectivity index (χ4v) is 0.814. The Morgan fingerprint density at radius 2 is 1.41 bits per heavy atom. The summed E-state index contributed by atoms with van der Waals surface area (Å²) in [5.74, 6) is -6.01. The number of ether oxygens (including phenoxy) is 1. The van der Waals surface area contributed by atoms with Crippen LogP contribution in [0.1, 0.15) is 12.8 Å². The molecule has 0 fully saturated rings. The quantitative estimate of drug-likeness (QED) is 0.118. The standard InChI is InChI=1S/C7H16N4O2.2C2HF3O2/c1-13-6(12)5(8)3-2-4-11-7(9)10;2*3-2(4,5)1(6)7/h5H,2-4,8H2,1H3,(H4,9,10,11);2*(H,6,7)/t5-;;/m0../s1. The van der Waals surface area contributed by atoms with Crippen LogP contribution in [0.3, 0.4) is 0 Å². The van der Waals surface area contributed by atoms with E-state index in [1.807, 2.05) is 0 Å². The average Bonchev–Trinajstić information content (AvgIpc) is 2.49. The average molecular weight is 416 g/mol. The first-order valence-electron chi connectivity index (χ1n) is 6.48. The van der Waals surface area contributed by atoms with Gasteiger partial charge in [-0.1, -0.05) is 0 Å². The minimum absolute atomic E-state index is 0.0772. The van der Waals surface area contributed by atoms with Crippen LogP contribution in [-0.2, 0) is 19.1 Å². The lowest BCUT2D eigenvalue weighted by Crippen LogP contribution is -2.34. The van der Waals surface area contributed by atoms with Gasteiger partial charge in [-0.15, -0.1) is 0 Å². The number of halogens is 6. The van der Waals surface area contributed by atoms with E-state index >= 15 is 0 Å². The zero-order chi connectivity index (χ0) is 22.4. The van der Waals surface area contributed by atoms with Gasteiger partial charge in [0.05, 0.1) is 7.11 Å². The van der Waals surface area contributed by atoms with E-state index in [-0.39, 0.29) is 5.96 Å². The van der Waals surface area contributed by atoms with E-state index in [1.165, 1.54) is 7.11 Å². The fraction of sp³-hybridized carbons (Fsp3) is 0.636. The van der Waals surface area contributed by atoms with Gasteiger partial charge in [-0.25, -0.2) is 9.59 Å². The minimum atomic E-state index is -5.08. The first kappa shape index (κ1) is 29.0. The van der Waals surface area contributed by atoms with E-state index in [0.29, 0.717) is 19.4 Å². The molecule has 1 atom stereocenters. The highest BCUT2D eigenvalue weighted by Gasteiger charge is 2.38. The second-order valence-electron chi connectivity index (χ2n) is 4.22. The number of hydrogen-bond acceptors (Lipinski definition) is 6. The lowest BCUT2D eigenvalue weighted by Gasteiger charge is -2.08. The molecule has 0 aliphatic carbocycles. The predicted molar refractivity (Wildman–Crippen MR) is 76.5 cm³/mol. The summed E-state index contributed by atoms with van der Waals surface area (Å²) in [6.45, 7) is 0.542. The third kappa shape index (κ3) is 21.2. The first-order chi connectivity index (χ1) is 12.0. The summed E-state index contributed by atoms with van der Waals surface area (Å²) in [6.07, 6.45) is -8.97. The molecule has 0 heterocycles. The summed E-state index contributed by atoms with van der Waals surface area (Å²) >= 11 is 0. The van der Waals surface area contributed by atoms with E-state index in [1.54, 1.807) is 0 Å². The van der Waals surface area contributed by atoms with Crippen LogP contribution >= 0.6 is 0 Å². The molecule has 0 spiro atoms. The number of carboxylic acid groups (broad SMARTS) is 2. The number of hydrogen-bond donors (Lipinski definition) is 6. The molecule has 0 saturated carbocycles. The normalized spacial score (nSPS) is 11.6. The van der Waals surface area contributed by atoms with E-state index in [4.69, 9.17) is 36.7 Å². The number of nitrogens with one attached hydrogen (secondary N) is 2. The lowest BCUT2D eigenvalue weighted by molar-refractivity contribution is -0.193. The van der Waals surface area contributed by atoms with Crippen molar-refractivity contribution < 1.29 is 55.7 Å². The van der Waals surface area contributed by atoms with Crippen LogP contribution in [0.25, 0.3) is 0 Å². The Balaban J connectivity index is -0.000000350. The highest BCUT2D eigenvalue weighted by Crippen LogP contribution is 2.13. The van der Waals surface area contributed by atoms with E-state index < -0.39 is 36.3 Å². The van der Waals surface area contributed by atoms with Crippen LogP contribution in [0.2, 0.25) is 0 Å². The molecule has 0 aliphatic heterocycles. The van der Waals surface area contributed by atoms with Gasteiger partial charge in [-0.3, -0.25) is 10.2 Å². The summed E-state index contributed by atoms with van der Waals surface area (Å²) in [5.41, 5.74) is 10.5. The third-order valence-electron chi connectivity index (χ3n) is 2.00. The molecule has 0 amide bonds. The van der Waals surface area contributed by atoms with Gasteiger partial charge in [-0.2, -0.15) is 26.3 Å². The second kappa shape index (κ2) is 13.4. The summed E-state index contributed by atoms with van der Waals surface area (Å²) in [5, 5.41) is 23.7. The van der Waals surface area contributed by atoms with Crippen molar-refractivity contribution >= 4 is 23.9 Å². The highest BCUT2D eigenvalue weighted by atomic mass is 19.4. The van der Waals surface area contributed by atoms with Crippen molar-refractivity contribution in [3.05, 3.63) is 0 Å². The fourth-order valence-electron chi connectivity index (χ4n) is 0.814. The Labute approximate surface area is 147 Å². The summed E-state index contributed by atoms with van der Waals surface area (Å²) in [4.78, 5) is 28.6. The van der Waals surface area contributed by atoms with Crippen molar-refractivity contribution in [3.8, 4) is 0 Å². The molecule has 10 nitrogen and oxygen atoms in total. The number of alkyl halides is 6. The van der Waals surface area contributed by atoms with Gasteiger partial charge < -0.3 is 31.7 Å². The van der Waals surface area contributed by atoms with Gasteiger partial charge >= 0.3 is 30.3 Å². The molecule has 27 heavy (non-hydrogen) atoms. The summed E-state index contributed by atoms with van der Waals surface area (Å²) in [7, 11) is 1.30. The van der Waals surface area contributed by atoms with Gasteiger partial charge in [0, 0.05) is 6.54 Å². The topological polar surface area (TPSA) is 189 Å². The van der Waals surface area contributed by atoms with Crippen molar-refractivity contribution in [2.24, 2.45) is 11.5 Å². The van der Waals surface area contributed by atoms with Gasteiger partial charge in [0.2, 0.25) is 0 Å². The largest absolute Gasteiger partial charge is 0.490 e. The molecule has 0 aromatic heterocycles. The van der Waals surface area contributed by atoms with Crippen LogP contribution in [0.4, 0.5) is 26.3 Å². The maximum absolute atomic E-state index is 10.8. The number of carboxylic acids is 2. The molecule has 0 rings (SSSR count). The van der Waals surface area contributed by atoms with Crippen molar-refractivity contribution in [2.75, 3.05) is 13.7 Å². The molecule has 0 saturated heterocycles. The molecule has 0 radical (unpaired) electrons. The number of methoxy groups -OCH3 is 1. The molecular weight excluding hydrogens is 398 g/mol. The van der Waals surface area contributed by atoms with Crippen molar-refractivity contribution in [2.45, 2.75) is 31.2 Å². The molecule has 16 heteroatoms. The molecular formula is C11H18F6N4O6. The third-order valence-corrected chi connectivity index (χ3v) is 2.00. The highest BCUT2D eigenvalue weighted by molar-refractivity contribution is 5.75. The Morgan fingerprint density at radius 1 is 1.07 bits per heavy atom. The molecule has 0 aliphatic rings. The molecule has 0 unspecified atom stereocenters. The maximum Gasteiger partial charge on any atom is 0.490 e. The summed E-state index contributed by atoms with van der Waals surface area (Å²) in [6, 6.07) is -0.584. The van der Waals surface area contributed by atoms with Crippen LogP contribution in [0, 0.1) is 5.41 Å².